The van der Waals surface area contributed by atoms with Gasteiger partial charge in [0.25, 0.3) is 10.1 Å². The lowest BCUT2D eigenvalue weighted by Crippen LogP contribution is -2.60. The Balaban J connectivity index is 1.94. The molecule has 0 spiro atoms. The summed E-state index contributed by atoms with van der Waals surface area (Å²) in [5, 5.41) is 11.8. The summed E-state index contributed by atoms with van der Waals surface area (Å²) in [6, 6.07) is 5.50. The number of amides is 2. The van der Waals surface area contributed by atoms with Crippen LogP contribution in [0.5, 0.6) is 0 Å². The maximum Gasteiger partial charge on any atom is 0.340 e. The van der Waals surface area contributed by atoms with E-state index < -0.39 is 20.7 Å². The third-order valence-corrected chi connectivity index (χ3v) is 7.06. The predicted octanol–water partition coefficient (Wildman–Crippen LogP) is 2.58. The summed E-state index contributed by atoms with van der Waals surface area (Å²) >= 11 is 2.58. The molecule has 14 heteroatoms. The quantitative estimate of drug-likeness (QED) is 0.109. The van der Waals surface area contributed by atoms with E-state index in [2.05, 4.69) is 5.32 Å². The van der Waals surface area contributed by atoms with Gasteiger partial charge < -0.3 is 19.1 Å². The van der Waals surface area contributed by atoms with Crippen molar-refractivity contribution in [2.45, 2.75) is 31.1 Å². The van der Waals surface area contributed by atoms with Crippen LogP contribution in [0.25, 0.3) is 0 Å². The first-order chi connectivity index (χ1) is 15.7. The molecule has 0 saturated carbocycles. The number of thioether (sulfide) groups is 2. The molecule has 0 radical (unpaired) electrons. The van der Waals surface area contributed by atoms with Crippen LogP contribution in [0.1, 0.15) is 19.4 Å². The van der Waals surface area contributed by atoms with Gasteiger partial charge in [0.1, 0.15) is 11.9 Å². The second-order valence-electron chi connectivity index (χ2n) is 6.57. The molecular formula is C19H23N3O8S3. The number of non-ortho nitro benzene ring substituents is 1. The zero-order valence-corrected chi connectivity index (χ0v) is 20.3. The molecule has 2 unspecified atom stereocenters. The molecule has 0 aromatic heterocycles. The van der Waals surface area contributed by atoms with E-state index in [1.807, 2.05) is 6.92 Å². The van der Waals surface area contributed by atoms with Crippen LogP contribution in [0.4, 0.5) is 10.5 Å². The van der Waals surface area contributed by atoms with Crippen molar-refractivity contribution in [2.24, 2.45) is 0 Å². The molecule has 0 aliphatic carbocycles. The van der Waals surface area contributed by atoms with Crippen molar-refractivity contribution in [1.82, 2.24) is 10.2 Å². The summed E-state index contributed by atoms with van der Waals surface area (Å²) in [4.78, 5) is 59.8. The van der Waals surface area contributed by atoms with Crippen molar-refractivity contribution in [3.05, 3.63) is 39.9 Å². The van der Waals surface area contributed by atoms with E-state index in [4.69, 9.17) is 8.92 Å². The molecule has 2 amide bonds. The predicted molar refractivity (Wildman–Crippen MR) is 126 cm³/mol. The van der Waals surface area contributed by atoms with E-state index in [0.717, 1.165) is 5.75 Å². The number of nitrogens with one attached hydrogen (secondary N) is 1. The number of β-lactam (4-membered cyclic amide) rings is 1. The number of likely N-dealkylation sites (tertiary alicyclic amines) is 1. The number of benzene rings is 1. The molecule has 180 valence electrons. The topological polar surface area (TPSA) is 145 Å². The van der Waals surface area contributed by atoms with E-state index in [1.165, 1.54) is 47.9 Å². The molecule has 33 heavy (non-hydrogen) atoms. The minimum atomic E-state index is -1.18. The molecule has 2 atom stereocenters. The molecule has 1 aliphatic rings. The van der Waals surface area contributed by atoms with E-state index in [1.54, 1.807) is 0 Å². The molecule has 1 aliphatic heterocycles. The molecule has 1 aromatic carbocycles. The maximum atomic E-state index is 12.7. The fourth-order valence-electron chi connectivity index (χ4n) is 2.60. The van der Waals surface area contributed by atoms with Gasteiger partial charge in [-0.15, -0.1) is 11.8 Å². The number of ether oxygens (including phenoxy) is 1. The molecule has 11 nitrogen and oxygen atoms in total. The Hall–Kier alpha value is -2.29. The average Bonchev–Trinajstić information content (AvgIpc) is 2.78. The van der Waals surface area contributed by atoms with Gasteiger partial charge in [-0.1, -0.05) is 6.92 Å². The number of esters is 1. The summed E-state index contributed by atoms with van der Waals surface area (Å²) in [6.07, 6.45) is 0. The summed E-state index contributed by atoms with van der Waals surface area (Å²) in [5.41, 5.74) is 0.430. The van der Waals surface area contributed by atoms with Gasteiger partial charge in [-0.3, -0.25) is 24.5 Å². The van der Waals surface area contributed by atoms with Crippen LogP contribution in [0.2, 0.25) is 0 Å². The normalized spacial score (nSPS) is 16.0. The van der Waals surface area contributed by atoms with Crippen molar-refractivity contribution in [3.8, 4) is 0 Å². The van der Waals surface area contributed by atoms with E-state index in [-0.39, 0.29) is 42.5 Å². The van der Waals surface area contributed by atoms with Crippen LogP contribution in [0.3, 0.4) is 0 Å². The van der Waals surface area contributed by atoms with Crippen molar-refractivity contribution in [2.75, 3.05) is 25.4 Å². The Kier molecular flexibility index (Phi) is 11.0. The molecule has 0 bridgehead atoms. The maximum absolute atomic E-state index is 12.7. The lowest BCUT2D eigenvalue weighted by atomic mass is 10.2. The molecule has 1 aromatic rings. The third kappa shape index (κ3) is 8.53. The second kappa shape index (κ2) is 13.4. The lowest BCUT2D eigenvalue weighted by Gasteiger charge is -2.41. The molecule has 1 N–H and O–H groups in total. The smallest absolute Gasteiger partial charge is 0.340 e. The van der Waals surface area contributed by atoms with Crippen LogP contribution in [0.15, 0.2) is 24.3 Å². The number of nitro benzene ring substituents is 1. The van der Waals surface area contributed by atoms with Crippen molar-refractivity contribution in [3.63, 3.8) is 0 Å². The standard InChI is InChI=1S/C19H23N3O8S3/c1-3-31-15-10-21(16(15)24)17(32-19(26)33-30-9-8-20-12(2)23)18(25)29-11-13-4-6-14(7-5-13)22(27)28/h4-7,15,17H,3,8-11H2,1-2H3,(H,20,23). The van der Waals surface area contributed by atoms with Gasteiger partial charge in [-0.05, 0) is 35.2 Å². The molecule has 1 heterocycles. The van der Waals surface area contributed by atoms with E-state index in [0.29, 0.717) is 35.9 Å². The van der Waals surface area contributed by atoms with Crippen LogP contribution >= 0.6 is 35.6 Å². The lowest BCUT2D eigenvalue weighted by molar-refractivity contribution is -0.384. The van der Waals surface area contributed by atoms with E-state index in [9.17, 15) is 29.3 Å². The van der Waals surface area contributed by atoms with Gasteiger partial charge in [0.2, 0.25) is 11.8 Å². The summed E-state index contributed by atoms with van der Waals surface area (Å²) in [6.45, 7) is 3.73. The van der Waals surface area contributed by atoms with E-state index >= 15 is 0 Å². The largest absolute Gasteiger partial charge is 0.459 e. The number of nitro groups is 1. The Bertz CT molecular complexity index is 884. The molecule has 1 saturated heterocycles. The molecule has 2 rings (SSSR count). The number of carbonyl (C=O) groups excluding carboxylic acids is 4. The highest BCUT2D eigenvalue weighted by molar-refractivity contribution is 8.37. The Morgan fingerprint density at radius 3 is 2.58 bits per heavy atom. The second-order valence-corrected chi connectivity index (χ2v) is 10.1. The minimum absolute atomic E-state index is 0.0870. The number of carbonyl (C=O) groups is 4. The molecular weight excluding hydrogens is 494 g/mol. The minimum Gasteiger partial charge on any atom is -0.459 e. The van der Waals surface area contributed by atoms with Crippen molar-refractivity contribution in [1.29, 1.82) is 0 Å². The van der Waals surface area contributed by atoms with Crippen LogP contribution < -0.4 is 5.32 Å². The number of rotatable bonds is 12. The zero-order valence-electron chi connectivity index (χ0n) is 17.9. The number of hydrogen-bond acceptors (Lipinski definition) is 11. The van der Waals surface area contributed by atoms with Gasteiger partial charge in [0.05, 0.1) is 23.6 Å². The van der Waals surface area contributed by atoms with Gasteiger partial charge in [-0.25, -0.2) is 4.79 Å². The highest BCUT2D eigenvalue weighted by Gasteiger charge is 2.45. The highest BCUT2D eigenvalue weighted by atomic mass is 32.2. The first kappa shape index (κ1) is 27.0. The Morgan fingerprint density at radius 2 is 2.00 bits per heavy atom. The summed E-state index contributed by atoms with van der Waals surface area (Å²) < 4.78 is 9.86. The summed E-state index contributed by atoms with van der Waals surface area (Å²) in [7, 11) is 0. The zero-order chi connectivity index (χ0) is 24.4. The third-order valence-electron chi connectivity index (χ3n) is 4.20. The van der Waals surface area contributed by atoms with Gasteiger partial charge in [-0.2, -0.15) is 0 Å². The van der Waals surface area contributed by atoms with Crippen LogP contribution in [-0.4, -0.2) is 68.1 Å². The fraction of sp³-hybridized carbons (Fsp3) is 0.474. The highest BCUT2D eigenvalue weighted by Crippen LogP contribution is 2.33. The average molecular weight is 518 g/mol. The van der Waals surface area contributed by atoms with Gasteiger partial charge in [0.15, 0.2) is 5.37 Å². The monoisotopic (exact) mass is 517 g/mol. The van der Waals surface area contributed by atoms with Crippen molar-refractivity contribution < 1.29 is 33.0 Å². The van der Waals surface area contributed by atoms with Crippen LogP contribution in [-0.2, 0) is 29.9 Å². The Morgan fingerprint density at radius 1 is 1.30 bits per heavy atom. The van der Waals surface area contributed by atoms with Gasteiger partial charge in [0, 0.05) is 32.1 Å². The number of hydrogen-bond donors (Lipinski definition) is 1. The number of nitrogens with zero attached hydrogens (tertiary/aromatic N) is 2. The first-order valence-electron chi connectivity index (χ1n) is 9.79. The van der Waals surface area contributed by atoms with Crippen molar-refractivity contribution >= 4 is 63.5 Å². The summed E-state index contributed by atoms with van der Waals surface area (Å²) in [5.74, 6) is -0.519. The molecule has 1 fully saturated rings. The van der Waals surface area contributed by atoms with Crippen LogP contribution in [0, 0.1) is 10.1 Å². The first-order valence-corrected chi connectivity index (χ1v) is 12.5. The fourth-order valence-corrected chi connectivity index (χ4v) is 5.05. The van der Waals surface area contributed by atoms with Gasteiger partial charge >= 0.3 is 5.97 Å². The Labute approximate surface area is 203 Å². The SMILES string of the molecule is CCSC1CN(C(SC(=O)SOCCNC(C)=O)C(=O)OCc2ccc([N+](=O)[O-])cc2)C1=O.